The lowest BCUT2D eigenvalue weighted by Crippen LogP contribution is -2.33. The predicted molar refractivity (Wildman–Crippen MR) is 126 cm³/mol. The summed E-state index contributed by atoms with van der Waals surface area (Å²) in [7, 11) is -3.15. The molecule has 0 N–H and O–H groups in total. The Balaban J connectivity index is 0.00000289. The molecule has 1 aromatic heterocycles. The number of aromatic nitrogens is 1. The Morgan fingerprint density at radius 1 is 1.19 bits per heavy atom. The van der Waals surface area contributed by atoms with Crippen molar-refractivity contribution in [2.75, 3.05) is 16.4 Å². The van der Waals surface area contributed by atoms with E-state index in [0.29, 0.717) is 17.7 Å². The predicted octanol–water partition coefficient (Wildman–Crippen LogP) is 4.00. The zero-order valence-electron chi connectivity index (χ0n) is 18.5. The molecule has 3 heterocycles. The van der Waals surface area contributed by atoms with Crippen LogP contribution in [0.5, 0.6) is 0 Å². The van der Waals surface area contributed by atoms with Crippen LogP contribution < -0.4 is 4.90 Å². The van der Waals surface area contributed by atoms with Gasteiger partial charge in [-0.05, 0) is 61.9 Å². The lowest BCUT2D eigenvalue weighted by Gasteiger charge is -2.21. The molecule has 32 heavy (non-hydrogen) atoms. The van der Waals surface area contributed by atoms with Crippen molar-refractivity contribution in [3.63, 3.8) is 0 Å². The van der Waals surface area contributed by atoms with Crippen LogP contribution in [0.4, 0.5) is 15.8 Å². The summed E-state index contributed by atoms with van der Waals surface area (Å²) >= 11 is 0. The summed E-state index contributed by atoms with van der Waals surface area (Å²) in [6, 6.07) is 4.49. The molecule has 2 aliphatic rings. The van der Waals surface area contributed by atoms with E-state index in [9.17, 15) is 18.0 Å². The van der Waals surface area contributed by atoms with Crippen molar-refractivity contribution < 1.29 is 22.4 Å². The molecule has 1 amide bonds. The second-order valence-electron chi connectivity index (χ2n) is 9.59. The van der Waals surface area contributed by atoms with Crippen LogP contribution in [-0.2, 0) is 20.0 Å². The normalized spacial score (nSPS) is 23.0. The molecule has 2 aliphatic heterocycles. The Morgan fingerprint density at radius 3 is 2.47 bits per heavy atom. The molecule has 1 aromatic carbocycles. The topological polar surface area (TPSA) is 84.4 Å². The quantitative estimate of drug-likeness (QED) is 0.621. The van der Waals surface area contributed by atoms with Crippen LogP contribution >= 0.6 is 13.5 Å². The highest BCUT2D eigenvalue weighted by Crippen LogP contribution is 2.47. The van der Waals surface area contributed by atoms with Gasteiger partial charge in [0.1, 0.15) is 5.82 Å². The fraction of sp³-hybridized carbons (Fsp3) is 0.435. The molecule has 0 unspecified atom stereocenters. The van der Waals surface area contributed by atoms with E-state index < -0.39 is 26.5 Å². The van der Waals surface area contributed by atoms with Gasteiger partial charge in [-0.15, -0.1) is 0 Å². The highest BCUT2D eigenvalue weighted by Gasteiger charge is 2.47. The molecular weight excluding hydrogens is 451 g/mol. The van der Waals surface area contributed by atoms with Crippen molar-refractivity contribution in [1.29, 1.82) is 0 Å². The number of anilines is 2. The van der Waals surface area contributed by atoms with Crippen LogP contribution in [0.2, 0.25) is 0 Å². The van der Waals surface area contributed by atoms with Gasteiger partial charge in [-0.25, -0.2) is 12.8 Å². The number of benzene rings is 1. The van der Waals surface area contributed by atoms with Gasteiger partial charge in [0.15, 0.2) is 15.6 Å². The summed E-state index contributed by atoms with van der Waals surface area (Å²) in [5.74, 6) is -1.26. The van der Waals surface area contributed by atoms with E-state index >= 15 is 4.39 Å². The van der Waals surface area contributed by atoms with Crippen LogP contribution in [0.3, 0.4) is 0 Å². The summed E-state index contributed by atoms with van der Waals surface area (Å²) < 4.78 is 39.1. The van der Waals surface area contributed by atoms with Crippen molar-refractivity contribution in [2.24, 2.45) is 5.41 Å². The number of hydrogen-bond acceptors (Lipinski definition) is 5. The van der Waals surface area contributed by atoms with E-state index in [0.717, 1.165) is 11.6 Å². The summed E-state index contributed by atoms with van der Waals surface area (Å²) in [5.41, 5.74) is 0.348. The highest BCUT2D eigenvalue weighted by atomic mass is 32.2. The summed E-state index contributed by atoms with van der Waals surface area (Å²) in [6.45, 7) is 7.02. The van der Waals surface area contributed by atoms with Crippen molar-refractivity contribution in [2.45, 2.75) is 46.0 Å². The van der Waals surface area contributed by atoms with Gasteiger partial charge >= 0.3 is 0 Å². The van der Waals surface area contributed by atoms with E-state index in [1.165, 1.54) is 11.1 Å². The van der Waals surface area contributed by atoms with Crippen molar-refractivity contribution in [3.05, 3.63) is 53.1 Å². The van der Waals surface area contributed by atoms with Crippen molar-refractivity contribution in [3.8, 4) is 0 Å². The van der Waals surface area contributed by atoms with Crippen LogP contribution in [0, 0.1) is 18.2 Å². The summed E-state index contributed by atoms with van der Waals surface area (Å²) in [4.78, 5) is 31.6. The zero-order chi connectivity index (χ0) is 22.8. The molecule has 4 rings (SSSR count). The first-order valence-electron chi connectivity index (χ1n) is 10.2. The molecule has 2 aromatic rings. The zero-order valence-corrected chi connectivity index (χ0v) is 20.3. The monoisotopic (exact) mass is 478 g/mol. The minimum absolute atomic E-state index is 0. The third-order valence-electron chi connectivity index (χ3n) is 6.31. The molecule has 1 atom stereocenters. The number of aryl methyl sites for hydroxylation is 1. The van der Waals surface area contributed by atoms with Crippen molar-refractivity contribution in [1.82, 2.24) is 4.98 Å². The van der Waals surface area contributed by atoms with Gasteiger partial charge in [0.25, 0.3) is 0 Å². The maximum Gasteiger partial charge on any atom is 0.241 e. The molecule has 1 fully saturated rings. The average molecular weight is 479 g/mol. The summed E-state index contributed by atoms with van der Waals surface area (Å²) in [5, 5.41) is 0. The standard InChI is InChI=1S/C23H25FN2O4S.H2S/c1-14-7-16(12-25-11-14)26-20-17(22(2,3)21(26)28)8-15(9-18(20)24)19(27)10-23(4)5-6-31(29,30)13-23;/h7-9,11-12H,5-6,10,13H2,1-4H3;1H2/t23-;/m1./s1. The van der Waals surface area contributed by atoms with Gasteiger partial charge in [-0.2, -0.15) is 13.5 Å². The first-order valence-corrected chi connectivity index (χ1v) is 12.0. The SMILES string of the molecule is Cc1cncc(N2C(=O)C(C)(C)c3cc(C(=O)C[C@@]4(C)CCS(=O)(=O)C4)cc(F)c32)c1.S. The fourth-order valence-corrected chi connectivity index (χ4v) is 6.83. The van der Waals surface area contributed by atoms with Crippen molar-refractivity contribution >= 4 is 46.4 Å². The van der Waals surface area contributed by atoms with Crippen LogP contribution in [0.15, 0.2) is 30.6 Å². The number of halogens is 1. The lowest BCUT2D eigenvalue weighted by atomic mass is 9.81. The largest absolute Gasteiger partial charge is 0.294 e. The second kappa shape index (κ2) is 7.95. The minimum atomic E-state index is -3.15. The van der Waals surface area contributed by atoms with Gasteiger partial charge in [0, 0.05) is 18.2 Å². The van der Waals surface area contributed by atoms with E-state index in [-0.39, 0.29) is 54.4 Å². The molecule has 6 nitrogen and oxygen atoms in total. The number of nitrogens with zero attached hydrogens (tertiary/aromatic N) is 2. The van der Waals surface area contributed by atoms with E-state index in [1.807, 2.05) is 6.92 Å². The molecular formula is C23H27FN2O4S2. The number of rotatable bonds is 4. The molecule has 0 saturated carbocycles. The van der Waals surface area contributed by atoms with Gasteiger partial charge in [-0.3, -0.25) is 19.5 Å². The number of Topliss-reactive ketones (excluding diaryl/α,β-unsaturated/α-hetero) is 1. The van der Waals surface area contributed by atoms with E-state index in [2.05, 4.69) is 4.98 Å². The van der Waals surface area contributed by atoms with Crippen LogP contribution in [-0.4, -0.2) is 36.6 Å². The molecule has 1 saturated heterocycles. The molecule has 0 bridgehead atoms. The maximum absolute atomic E-state index is 15.3. The third-order valence-corrected chi connectivity index (χ3v) is 8.27. The number of carbonyl (C=O) groups is 2. The first-order chi connectivity index (χ1) is 14.3. The minimum Gasteiger partial charge on any atom is -0.294 e. The average Bonchev–Trinajstić information content (AvgIpc) is 3.05. The smallest absolute Gasteiger partial charge is 0.241 e. The highest BCUT2D eigenvalue weighted by molar-refractivity contribution is 7.91. The fourth-order valence-electron chi connectivity index (χ4n) is 4.57. The van der Waals surface area contributed by atoms with Crippen LogP contribution in [0.1, 0.15) is 55.1 Å². The number of pyridine rings is 1. The lowest BCUT2D eigenvalue weighted by molar-refractivity contribution is -0.121. The number of ketones is 1. The Labute approximate surface area is 194 Å². The molecule has 0 radical (unpaired) electrons. The van der Waals surface area contributed by atoms with Gasteiger partial charge in [0.05, 0.1) is 34.5 Å². The molecule has 0 spiro atoms. The number of sulfone groups is 1. The van der Waals surface area contributed by atoms with Gasteiger partial charge in [0.2, 0.25) is 5.91 Å². The molecule has 0 aliphatic carbocycles. The number of hydrogen-bond donors (Lipinski definition) is 0. The van der Waals surface area contributed by atoms with E-state index in [1.54, 1.807) is 39.1 Å². The van der Waals surface area contributed by atoms with Gasteiger partial charge in [-0.1, -0.05) is 6.92 Å². The Hall–Kier alpha value is -2.26. The number of amides is 1. The van der Waals surface area contributed by atoms with Crippen LogP contribution in [0.25, 0.3) is 0 Å². The third kappa shape index (κ3) is 4.08. The van der Waals surface area contributed by atoms with Gasteiger partial charge < -0.3 is 0 Å². The first kappa shape index (κ1) is 24.4. The Morgan fingerprint density at radius 2 is 1.88 bits per heavy atom. The number of fused-ring (bicyclic) bond motifs is 1. The number of carbonyl (C=O) groups excluding carboxylic acids is 2. The Kier molecular flexibility index (Phi) is 6.06. The summed E-state index contributed by atoms with van der Waals surface area (Å²) in [6.07, 6.45) is 3.59. The maximum atomic E-state index is 15.3. The molecule has 9 heteroatoms. The second-order valence-corrected chi connectivity index (χ2v) is 11.8. The Bertz CT molecular complexity index is 1230. The molecule has 172 valence electrons. The van der Waals surface area contributed by atoms with E-state index in [4.69, 9.17) is 0 Å².